The van der Waals surface area contributed by atoms with Crippen LogP contribution in [0.1, 0.15) is 38.9 Å². The largest absolute Gasteiger partial charge is 0.309 e. The van der Waals surface area contributed by atoms with E-state index in [9.17, 15) is 0 Å². The molecule has 0 atom stereocenters. The molecule has 0 radical (unpaired) electrons. The molecule has 0 fully saturated rings. The zero-order valence-electron chi connectivity index (χ0n) is 38.6. The molecular weight excluding hydrogens is 843 g/mol. The Kier molecular flexibility index (Phi) is 10.1. The molecule has 0 unspecified atom stereocenters. The molecule has 0 aliphatic heterocycles. The Morgan fingerprint density at radius 2 is 0.814 bits per heavy atom. The molecule has 0 amide bonds. The number of hydrogen-bond acceptors (Lipinski definition) is 0. The highest BCUT2D eigenvalue weighted by Gasteiger charge is 2.46. The van der Waals surface area contributed by atoms with Crippen LogP contribution in [0, 0.1) is 0 Å². The molecule has 11 aromatic carbocycles. The number of fused-ring (bicyclic) bond motifs is 6. The van der Waals surface area contributed by atoms with Gasteiger partial charge in [0.05, 0.1) is 16.4 Å². The van der Waals surface area contributed by atoms with Gasteiger partial charge in [0, 0.05) is 16.5 Å². The third kappa shape index (κ3) is 6.94. The molecule has 13 rings (SSSR count). The van der Waals surface area contributed by atoms with Crippen LogP contribution >= 0.6 is 0 Å². The van der Waals surface area contributed by atoms with E-state index in [0.29, 0.717) is 0 Å². The van der Waals surface area contributed by atoms with Crippen molar-refractivity contribution in [1.29, 1.82) is 0 Å². The minimum atomic E-state index is -0.490. The maximum Gasteiger partial charge on any atom is 0.0714 e. The summed E-state index contributed by atoms with van der Waals surface area (Å²) in [5, 5.41) is 2.47. The second-order valence-electron chi connectivity index (χ2n) is 18.4. The van der Waals surface area contributed by atoms with Crippen molar-refractivity contribution in [2.75, 3.05) is 0 Å². The molecule has 0 saturated heterocycles. The quantitative estimate of drug-likeness (QED) is 0.127. The average Bonchev–Trinajstić information content (AvgIpc) is 3.93. The third-order valence-electron chi connectivity index (χ3n) is 14.5. The molecule has 1 aliphatic carbocycles. The molecule has 0 bridgehead atoms. The number of hydrogen-bond donors (Lipinski definition) is 0. The maximum absolute atomic E-state index is 2.48. The Morgan fingerprint density at radius 1 is 0.314 bits per heavy atom. The minimum Gasteiger partial charge on any atom is -0.309 e. The van der Waals surface area contributed by atoms with Gasteiger partial charge < -0.3 is 4.57 Å². The number of nitrogens with zero attached hydrogens (tertiary/aromatic N) is 1. The van der Waals surface area contributed by atoms with Gasteiger partial charge in [-0.1, -0.05) is 249 Å². The van der Waals surface area contributed by atoms with Crippen molar-refractivity contribution >= 4 is 33.5 Å². The first kappa shape index (κ1) is 41.2. The van der Waals surface area contributed by atoms with Crippen molar-refractivity contribution < 1.29 is 0 Å². The first-order valence-corrected chi connectivity index (χ1v) is 24.2. The minimum absolute atomic E-state index is 0.490. The average molecular weight is 890 g/mol. The zero-order chi connectivity index (χ0) is 46.4. The highest BCUT2D eigenvalue weighted by Crippen LogP contribution is 2.56. The first-order chi connectivity index (χ1) is 34.7. The van der Waals surface area contributed by atoms with Gasteiger partial charge in [0.2, 0.25) is 0 Å². The van der Waals surface area contributed by atoms with Gasteiger partial charge in [-0.2, -0.15) is 0 Å². The van der Waals surface area contributed by atoms with Gasteiger partial charge >= 0.3 is 0 Å². The molecule has 12 aromatic rings. The summed E-state index contributed by atoms with van der Waals surface area (Å²) < 4.78 is 2.48. The molecule has 1 aromatic heterocycles. The van der Waals surface area contributed by atoms with E-state index in [-0.39, 0.29) is 0 Å². The van der Waals surface area contributed by atoms with Crippen LogP contribution < -0.4 is 0 Å². The number of rotatable bonds is 9. The molecular formula is C69H47N. The zero-order valence-corrected chi connectivity index (χ0v) is 38.6. The number of benzene rings is 11. The summed E-state index contributed by atoms with van der Waals surface area (Å²) in [5.74, 6) is 0. The van der Waals surface area contributed by atoms with Crippen molar-refractivity contribution in [2.45, 2.75) is 5.41 Å². The van der Waals surface area contributed by atoms with Crippen LogP contribution in [0.4, 0.5) is 0 Å². The summed E-state index contributed by atoms with van der Waals surface area (Å²) in [6, 6.07) is 102. The summed E-state index contributed by atoms with van der Waals surface area (Å²) in [7, 11) is 0. The lowest BCUT2D eigenvalue weighted by atomic mass is 9.67. The van der Waals surface area contributed by atoms with Gasteiger partial charge in [-0.3, -0.25) is 0 Å². The summed E-state index contributed by atoms with van der Waals surface area (Å²) in [4.78, 5) is 0. The van der Waals surface area contributed by atoms with Crippen molar-refractivity contribution in [3.8, 4) is 50.2 Å². The van der Waals surface area contributed by atoms with E-state index in [0.717, 1.165) is 11.3 Å². The molecule has 0 saturated carbocycles. The molecule has 0 spiro atoms. The molecule has 1 heteroatoms. The van der Waals surface area contributed by atoms with Crippen LogP contribution in [0.2, 0.25) is 0 Å². The van der Waals surface area contributed by atoms with Crippen molar-refractivity contribution in [3.05, 3.63) is 318 Å². The Bertz CT molecular complexity index is 3840. The second-order valence-corrected chi connectivity index (χ2v) is 18.4. The molecule has 70 heavy (non-hydrogen) atoms. The van der Waals surface area contributed by atoms with E-state index in [1.54, 1.807) is 0 Å². The lowest BCUT2D eigenvalue weighted by Crippen LogP contribution is -2.28. The second kappa shape index (κ2) is 17.2. The number of para-hydroxylation sites is 1. The van der Waals surface area contributed by atoms with Crippen molar-refractivity contribution in [2.24, 2.45) is 0 Å². The molecule has 1 aliphatic rings. The topological polar surface area (TPSA) is 4.93 Å². The predicted molar refractivity (Wildman–Crippen MR) is 294 cm³/mol. The van der Waals surface area contributed by atoms with E-state index >= 15 is 0 Å². The van der Waals surface area contributed by atoms with Gasteiger partial charge in [-0.25, -0.2) is 0 Å². The number of aromatic nitrogens is 1. The van der Waals surface area contributed by atoms with Crippen LogP contribution in [0.15, 0.2) is 279 Å². The van der Waals surface area contributed by atoms with Gasteiger partial charge in [-0.15, -0.1) is 0 Å². The molecule has 1 heterocycles. The Labute approximate surface area is 409 Å². The third-order valence-corrected chi connectivity index (χ3v) is 14.5. The van der Waals surface area contributed by atoms with Crippen LogP contribution in [0.3, 0.4) is 0 Å². The van der Waals surface area contributed by atoms with Crippen LogP contribution in [0.5, 0.6) is 0 Å². The maximum atomic E-state index is 2.48. The van der Waals surface area contributed by atoms with Gasteiger partial charge in [0.1, 0.15) is 0 Å². The highest BCUT2D eigenvalue weighted by molar-refractivity contribution is 6.10. The van der Waals surface area contributed by atoms with E-state index in [1.807, 2.05) is 0 Å². The van der Waals surface area contributed by atoms with Gasteiger partial charge in [0.25, 0.3) is 0 Å². The van der Waals surface area contributed by atoms with Gasteiger partial charge in [-0.05, 0) is 125 Å². The van der Waals surface area contributed by atoms with Crippen molar-refractivity contribution in [1.82, 2.24) is 4.57 Å². The fraction of sp³-hybridized carbons (Fsp3) is 0.0145. The van der Waals surface area contributed by atoms with Crippen LogP contribution in [-0.2, 0) is 5.41 Å². The van der Waals surface area contributed by atoms with E-state index in [2.05, 4.69) is 290 Å². The Balaban J connectivity index is 0.914. The Morgan fingerprint density at radius 3 is 1.51 bits per heavy atom. The lowest BCUT2D eigenvalue weighted by molar-refractivity contribution is 0.767. The summed E-state index contributed by atoms with van der Waals surface area (Å²) in [6.45, 7) is 0. The van der Waals surface area contributed by atoms with E-state index in [4.69, 9.17) is 0 Å². The normalized spacial score (nSPS) is 12.8. The summed E-state index contributed by atoms with van der Waals surface area (Å²) in [5.41, 5.74) is 22.6. The highest BCUT2D eigenvalue weighted by atomic mass is 15.0. The van der Waals surface area contributed by atoms with Gasteiger partial charge in [0.15, 0.2) is 0 Å². The van der Waals surface area contributed by atoms with Crippen molar-refractivity contribution in [3.63, 3.8) is 0 Å². The standard InChI is InChI=1S/C69H47N/c1-5-18-49(19-6-1)51-36-38-52(39-37-51)50-34-32-48(33-35-50)44-64(53-20-7-2-8-21-53)56-23-17-22-54(45-56)55-40-42-63-62-29-14-16-31-67(62)70(68(63)46-55)59-41-43-61-60-28-13-15-30-65(60)69(66(61)47-59,57-24-9-3-10-25-57)58-26-11-4-12-27-58/h1-47H. The molecule has 328 valence electrons. The predicted octanol–water partition coefficient (Wildman–Crippen LogP) is 17.7. The monoisotopic (exact) mass is 889 g/mol. The van der Waals surface area contributed by atoms with Crippen LogP contribution in [-0.4, -0.2) is 4.57 Å². The Hall–Kier alpha value is -9.04. The fourth-order valence-corrected chi connectivity index (χ4v) is 11.2. The van der Waals surface area contributed by atoms with Crippen LogP contribution in [0.25, 0.3) is 83.6 Å². The SMILES string of the molecule is C(=C(c1ccccc1)c1cccc(-c2ccc3c4ccccc4n(-c4ccc5c(c4)C(c4ccccc4)(c4ccccc4)c4ccccc4-5)c3c2)c1)c1ccc(-c2ccc(-c3ccccc3)cc2)cc1. The summed E-state index contributed by atoms with van der Waals surface area (Å²) in [6.07, 6.45) is 2.33. The fourth-order valence-electron chi connectivity index (χ4n) is 11.2. The molecule has 1 nitrogen and oxygen atoms in total. The van der Waals surface area contributed by atoms with E-state index < -0.39 is 5.41 Å². The summed E-state index contributed by atoms with van der Waals surface area (Å²) >= 11 is 0. The first-order valence-electron chi connectivity index (χ1n) is 24.2. The smallest absolute Gasteiger partial charge is 0.0714 e. The lowest BCUT2D eigenvalue weighted by Gasteiger charge is -2.34. The van der Waals surface area contributed by atoms with E-state index in [1.165, 1.54) is 105 Å². The molecule has 0 N–H and O–H groups in total.